The molecule has 0 saturated heterocycles. The van der Waals surface area contributed by atoms with Gasteiger partial charge in [0.1, 0.15) is 6.10 Å². The minimum absolute atomic E-state index is 0.637. The van der Waals surface area contributed by atoms with Crippen molar-refractivity contribution < 1.29 is 14.3 Å². The van der Waals surface area contributed by atoms with Crippen LogP contribution in [-0.2, 0) is 15.3 Å². The van der Waals surface area contributed by atoms with Gasteiger partial charge in [0, 0.05) is 0 Å². The number of hydrogen-bond donors (Lipinski definition) is 1. The topological polar surface area (TPSA) is 46.5 Å². The quantitative estimate of drug-likeness (QED) is 0.161. The van der Waals surface area contributed by atoms with Gasteiger partial charge in [-0.3, -0.25) is 0 Å². The molecule has 0 aromatic heterocycles. The average Bonchev–Trinajstić information content (AvgIpc) is 2.73. The Morgan fingerprint density at radius 3 is 1.71 bits per heavy atom. The minimum Gasteiger partial charge on any atom is -0.479 e. The summed E-state index contributed by atoms with van der Waals surface area (Å²) in [5.74, 6) is -0.802. The summed E-state index contributed by atoms with van der Waals surface area (Å²) in [6, 6.07) is 11.1. The Balaban J connectivity index is 2.07. The maximum absolute atomic E-state index is 11.7. The van der Waals surface area contributed by atoms with Crippen molar-refractivity contribution in [3.05, 3.63) is 35.9 Å². The molecule has 0 radical (unpaired) electrons. The van der Waals surface area contributed by atoms with E-state index in [4.69, 9.17) is 4.43 Å². The number of benzene rings is 1. The molecule has 0 bridgehead atoms. The Morgan fingerprint density at radius 1 is 0.806 bits per heavy atom. The summed E-state index contributed by atoms with van der Waals surface area (Å²) in [6.07, 6.45) is 18.4. The molecule has 0 aliphatic heterocycles. The molecule has 1 atom stereocenters. The second-order valence-electron chi connectivity index (χ2n) is 9.75. The van der Waals surface area contributed by atoms with Crippen LogP contribution in [-0.4, -0.2) is 25.5 Å². The lowest BCUT2D eigenvalue weighted by Gasteiger charge is -2.27. The van der Waals surface area contributed by atoms with Crippen molar-refractivity contribution in [3.8, 4) is 0 Å². The van der Waals surface area contributed by atoms with E-state index in [1.165, 1.54) is 82.6 Å². The van der Waals surface area contributed by atoms with Crippen molar-refractivity contribution in [1.29, 1.82) is 0 Å². The molecular formula is C27H48O3Si. The predicted molar refractivity (Wildman–Crippen MR) is 135 cm³/mol. The summed E-state index contributed by atoms with van der Waals surface area (Å²) in [6.45, 7) is 6.52. The molecule has 1 unspecified atom stereocenters. The van der Waals surface area contributed by atoms with Crippen LogP contribution >= 0.6 is 0 Å². The maximum atomic E-state index is 11.7. The van der Waals surface area contributed by atoms with Gasteiger partial charge in [0.2, 0.25) is 0 Å². The summed E-state index contributed by atoms with van der Waals surface area (Å²) in [4.78, 5) is 11.7. The van der Waals surface area contributed by atoms with Crippen LogP contribution in [0, 0.1) is 0 Å². The van der Waals surface area contributed by atoms with Gasteiger partial charge in [0.25, 0.3) is 0 Å². The van der Waals surface area contributed by atoms with E-state index < -0.39 is 20.4 Å². The van der Waals surface area contributed by atoms with E-state index >= 15 is 0 Å². The first kappa shape index (κ1) is 27.9. The molecule has 1 aromatic rings. The monoisotopic (exact) mass is 448 g/mol. The molecule has 1 aromatic carbocycles. The Bertz CT molecular complexity index is 559. The number of aliphatic carboxylic acids is 1. The van der Waals surface area contributed by atoms with Crippen LogP contribution in [0.3, 0.4) is 0 Å². The molecule has 0 fully saturated rings. The number of unbranched alkanes of at least 4 members (excludes halogenated alkanes) is 13. The van der Waals surface area contributed by atoms with E-state index in [0.717, 1.165) is 18.9 Å². The standard InChI is InChI=1S/C27H48O3Si/c1-4-5-6-7-8-9-10-11-12-13-14-15-16-20-23-26(27(28)29)30-31(2,3)24-25-21-18-17-19-22-25/h17-19,21-22,26H,4-16,20,23-24H2,1-3H3,(H,28,29). The fourth-order valence-corrected chi connectivity index (χ4v) is 6.56. The van der Waals surface area contributed by atoms with E-state index in [2.05, 4.69) is 32.2 Å². The fraction of sp³-hybridized carbons (Fsp3) is 0.741. The largest absolute Gasteiger partial charge is 0.479 e. The van der Waals surface area contributed by atoms with Crippen LogP contribution < -0.4 is 0 Å². The number of carbonyl (C=O) groups is 1. The highest BCUT2D eigenvalue weighted by Crippen LogP contribution is 2.19. The third-order valence-electron chi connectivity index (χ3n) is 6.03. The van der Waals surface area contributed by atoms with E-state index in [-0.39, 0.29) is 0 Å². The number of rotatable bonds is 20. The highest BCUT2D eigenvalue weighted by Gasteiger charge is 2.30. The molecule has 31 heavy (non-hydrogen) atoms. The van der Waals surface area contributed by atoms with Gasteiger partial charge in [-0.15, -0.1) is 0 Å². The molecule has 3 nitrogen and oxygen atoms in total. The molecule has 4 heteroatoms. The van der Waals surface area contributed by atoms with Gasteiger partial charge in [-0.1, -0.05) is 127 Å². The van der Waals surface area contributed by atoms with Crippen molar-refractivity contribution in [3.63, 3.8) is 0 Å². The Kier molecular flexibility index (Phi) is 15.7. The highest BCUT2D eigenvalue weighted by molar-refractivity contribution is 6.70. The summed E-state index contributed by atoms with van der Waals surface area (Å²) in [7, 11) is -2.06. The Hall–Kier alpha value is -1.13. The summed E-state index contributed by atoms with van der Waals surface area (Å²) >= 11 is 0. The highest BCUT2D eigenvalue weighted by atomic mass is 28.4. The van der Waals surface area contributed by atoms with Crippen LogP contribution in [0.15, 0.2) is 30.3 Å². The molecular weight excluding hydrogens is 400 g/mol. The lowest BCUT2D eigenvalue weighted by atomic mass is 10.0. The van der Waals surface area contributed by atoms with Crippen molar-refractivity contribution in [1.82, 2.24) is 0 Å². The van der Waals surface area contributed by atoms with E-state index in [1.54, 1.807) is 0 Å². The van der Waals surface area contributed by atoms with Crippen molar-refractivity contribution >= 4 is 14.3 Å². The zero-order valence-corrected chi connectivity index (χ0v) is 21.5. The first-order chi connectivity index (χ1) is 14.9. The Morgan fingerprint density at radius 2 is 1.26 bits per heavy atom. The van der Waals surface area contributed by atoms with Crippen molar-refractivity contribution in [2.45, 2.75) is 128 Å². The second kappa shape index (κ2) is 17.4. The molecule has 178 valence electrons. The van der Waals surface area contributed by atoms with Crippen LogP contribution in [0.25, 0.3) is 0 Å². The lowest BCUT2D eigenvalue weighted by Crippen LogP contribution is -2.41. The van der Waals surface area contributed by atoms with Crippen LogP contribution in [0.4, 0.5) is 0 Å². The van der Waals surface area contributed by atoms with Crippen molar-refractivity contribution in [2.24, 2.45) is 0 Å². The van der Waals surface area contributed by atoms with Crippen molar-refractivity contribution in [2.75, 3.05) is 0 Å². The minimum atomic E-state index is -2.06. The van der Waals surface area contributed by atoms with Gasteiger partial charge in [-0.05, 0) is 31.1 Å². The number of carboxylic acid groups (broad SMARTS) is 1. The molecule has 0 saturated carbocycles. The number of carboxylic acids is 1. The summed E-state index contributed by atoms with van der Waals surface area (Å²) < 4.78 is 6.16. The summed E-state index contributed by atoms with van der Waals surface area (Å²) in [5, 5.41) is 9.60. The fourth-order valence-electron chi connectivity index (χ4n) is 4.27. The summed E-state index contributed by atoms with van der Waals surface area (Å²) in [5.41, 5.74) is 1.24. The molecule has 0 spiro atoms. The van der Waals surface area contributed by atoms with Gasteiger partial charge in [0.05, 0.1) is 0 Å². The first-order valence-electron chi connectivity index (χ1n) is 12.9. The second-order valence-corrected chi connectivity index (χ2v) is 13.9. The first-order valence-corrected chi connectivity index (χ1v) is 16.0. The zero-order valence-electron chi connectivity index (χ0n) is 20.5. The van der Waals surface area contributed by atoms with Gasteiger partial charge in [-0.2, -0.15) is 0 Å². The Labute approximate surface area is 193 Å². The van der Waals surface area contributed by atoms with Crippen LogP contribution in [0.1, 0.15) is 109 Å². The van der Waals surface area contributed by atoms with Gasteiger partial charge in [0.15, 0.2) is 8.32 Å². The lowest BCUT2D eigenvalue weighted by molar-refractivity contribution is -0.145. The predicted octanol–water partition coefficient (Wildman–Crippen LogP) is 8.31. The molecule has 0 aliphatic rings. The van der Waals surface area contributed by atoms with Gasteiger partial charge >= 0.3 is 5.97 Å². The maximum Gasteiger partial charge on any atom is 0.331 e. The number of hydrogen-bond acceptors (Lipinski definition) is 2. The zero-order chi connectivity index (χ0) is 22.8. The molecule has 0 heterocycles. The van der Waals surface area contributed by atoms with E-state index in [9.17, 15) is 9.90 Å². The third-order valence-corrected chi connectivity index (χ3v) is 8.21. The molecule has 1 rings (SSSR count). The SMILES string of the molecule is CCCCCCCCCCCCCCCCC(O[Si](C)(C)Cc1ccccc1)C(=O)O. The van der Waals surface area contributed by atoms with Gasteiger partial charge < -0.3 is 9.53 Å². The van der Waals surface area contributed by atoms with Crippen LogP contribution in [0.2, 0.25) is 13.1 Å². The smallest absolute Gasteiger partial charge is 0.331 e. The van der Waals surface area contributed by atoms with E-state index in [0.29, 0.717) is 6.42 Å². The average molecular weight is 449 g/mol. The third kappa shape index (κ3) is 15.3. The molecule has 0 amide bonds. The molecule has 1 N–H and O–H groups in total. The molecule has 0 aliphatic carbocycles. The van der Waals surface area contributed by atoms with E-state index in [1.807, 2.05) is 18.2 Å². The van der Waals surface area contributed by atoms with Crippen LogP contribution in [0.5, 0.6) is 0 Å². The normalized spacial score (nSPS) is 12.7. The van der Waals surface area contributed by atoms with Gasteiger partial charge in [-0.25, -0.2) is 4.79 Å².